The van der Waals surface area contributed by atoms with Gasteiger partial charge in [-0.15, -0.1) is 0 Å². The van der Waals surface area contributed by atoms with Crippen LogP contribution in [0.1, 0.15) is 23.0 Å². The summed E-state index contributed by atoms with van der Waals surface area (Å²) in [5.74, 6) is 0.844. The molecule has 1 aromatic carbocycles. The maximum Gasteiger partial charge on any atom is 0.162 e. The lowest BCUT2D eigenvalue weighted by atomic mass is 10.1. The third-order valence-corrected chi connectivity index (χ3v) is 2.55. The van der Waals surface area contributed by atoms with Crippen LogP contribution < -0.4 is 4.74 Å². The van der Waals surface area contributed by atoms with Crippen LogP contribution in [0.25, 0.3) is 10.9 Å². The first-order chi connectivity index (χ1) is 7.13. The van der Waals surface area contributed by atoms with Crippen molar-refractivity contribution in [2.75, 3.05) is 7.11 Å². The number of fused-ring (bicyclic) bond motifs is 1. The second-order valence-electron chi connectivity index (χ2n) is 3.59. The fraction of sp³-hybridized carbons (Fsp3) is 0.250. The Morgan fingerprint density at radius 2 is 2.13 bits per heavy atom. The topological polar surface area (TPSA) is 42.1 Å². The number of methoxy groups -OCH3 is 1. The van der Waals surface area contributed by atoms with Gasteiger partial charge >= 0.3 is 0 Å². The van der Waals surface area contributed by atoms with Crippen LogP contribution in [-0.4, -0.2) is 17.9 Å². The summed E-state index contributed by atoms with van der Waals surface area (Å²) in [7, 11) is 1.62. The lowest BCUT2D eigenvalue weighted by Crippen LogP contribution is -1.93. The van der Waals surface area contributed by atoms with Crippen LogP contribution in [0.15, 0.2) is 18.2 Å². The molecule has 0 bridgehead atoms. The van der Waals surface area contributed by atoms with Crippen molar-refractivity contribution in [3.63, 3.8) is 0 Å². The molecule has 1 heterocycles. The van der Waals surface area contributed by atoms with Crippen molar-refractivity contribution in [2.24, 2.45) is 0 Å². The van der Waals surface area contributed by atoms with Gasteiger partial charge in [-0.05, 0) is 32.0 Å². The van der Waals surface area contributed by atoms with E-state index in [2.05, 4.69) is 4.98 Å². The minimum absolute atomic E-state index is 0.0759. The number of Topliss-reactive ketones (excluding diaryl/α,β-unsaturated/α-hetero) is 1. The molecule has 0 aliphatic carbocycles. The molecule has 1 N–H and O–H groups in total. The van der Waals surface area contributed by atoms with Gasteiger partial charge in [0, 0.05) is 22.2 Å². The van der Waals surface area contributed by atoms with Gasteiger partial charge in [0.2, 0.25) is 0 Å². The van der Waals surface area contributed by atoms with Crippen molar-refractivity contribution in [3.05, 3.63) is 29.5 Å². The highest BCUT2D eigenvalue weighted by Gasteiger charge is 2.12. The predicted molar refractivity (Wildman–Crippen MR) is 59.6 cm³/mol. The Balaban J connectivity index is 2.77. The fourth-order valence-corrected chi connectivity index (χ4v) is 1.89. The molecule has 0 aliphatic rings. The van der Waals surface area contributed by atoms with Crippen LogP contribution in [0.5, 0.6) is 5.75 Å². The molecule has 3 heteroatoms. The van der Waals surface area contributed by atoms with Gasteiger partial charge in [0.1, 0.15) is 5.75 Å². The molecule has 0 saturated carbocycles. The summed E-state index contributed by atoms with van der Waals surface area (Å²) in [6.45, 7) is 3.48. The first kappa shape index (κ1) is 9.77. The van der Waals surface area contributed by atoms with Gasteiger partial charge in [-0.25, -0.2) is 0 Å². The number of ketones is 1. The zero-order chi connectivity index (χ0) is 11.0. The molecule has 1 aromatic heterocycles. The van der Waals surface area contributed by atoms with Crippen molar-refractivity contribution in [3.8, 4) is 5.75 Å². The summed E-state index contributed by atoms with van der Waals surface area (Å²) in [6, 6.07) is 5.69. The van der Waals surface area contributed by atoms with Gasteiger partial charge in [0.05, 0.1) is 7.11 Å². The van der Waals surface area contributed by atoms with E-state index in [1.807, 2.05) is 25.1 Å². The van der Waals surface area contributed by atoms with Crippen LogP contribution >= 0.6 is 0 Å². The Bertz CT molecular complexity index is 526. The summed E-state index contributed by atoms with van der Waals surface area (Å²) < 4.78 is 5.14. The van der Waals surface area contributed by atoms with E-state index in [1.54, 1.807) is 14.0 Å². The van der Waals surface area contributed by atoms with E-state index < -0.39 is 0 Å². The lowest BCUT2D eigenvalue weighted by Gasteiger charge is -1.99. The molecule has 0 fully saturated rings. The summed E-state index contributed by atoms with van der Waals surface area (Å²) in [6.07, 6.45) is 0. The van der Waals surface area contributed by atoms with Gasteiger partial charge < -0.3 is 9.72 Å². The zero-order valence-corrected chi connectivity index (χ0v) is 9.05. The van der Waals surface area contributed by atoms with E-state index in [0.717, 1.165) is 27.9 Å². The summed E-state index contributed by atoms with van der Waals surface area (Å²) >= 11 is 0. The van der Waals surface area contributed by atoms with Gasteiger partial charge in [-0.2, -0.15) is 0 Å². The second kappa shape index (κ2) is 3.42. The van der Waals surface area contributed by atoms with E-state index in [-0.39, 0.29) is 5.78 Å². The molecule has 0 unspecified atom stereocenters. The number of aromatic amines is 1. The molecule has 0 saturated heterocycles. The monoisotopic (exact) mass is 203 g/mol. The van der Waals surface area contributed by atoms with Crippen molar-refractivity contribution in [2.45, 2.75) is 13.8 Å². The SMILES string of the molecule is COc1ccc2[nH]c(C)c(C(C)=O)c2c1. The number of carbonyl (C=O) groups is 1. The Morgan fingerprint density at radius 1 is 1.40 bits per heavy atom. The van der Waals surface area contributed by atoms with Crippen LogP contribution in [0.3, 0.4) is 0 Å². The number of rotatable bonds is 2. The van der Waals surface area contributed by atoms with Crippen LogP contribution in [-0.2, 0) is 0 Å². The average molecular weight is 203 g/mol. The van der Waals surface area contributed by atoms with Crippen molar-refractivity contribution >= 4 is 16.7 Å². The molecule has 78 valence electrons. The predicted octanol–water partition coefficient (Wildman–Crippen LogP) is 2.69. The Morgan fingerprint density at radius 3 is 2.73 bits per heavy atom. The third-order valence-electron chi connectivity index (χ3n) is 2.55. The molecule has 3 nitrogen and oxygen atoms in total. The zero-order valence-electron chi connectivity index (χ0n) is 9.05. The van der Waals surface area contributed by atoms with Crippen LogP contribution in [0.4, 0.5) is 0 Å². The number of benzene rings is 1. The number of hydrogen-bond donors (Lipinski definition) is 1. The highest BCUT2D eigenvalue weighted by molar-refractivity contribution is 6.08. The Hall–Kier alpha value is -1.77. The van der Waals surface area contributed by atoms with Crippen LogP contribution in [0, 0.1) is 6.92 Å². The quantitative estimate of drug-likeness (QED) is 0.762. The number of aromatic nitrogens is 1. The molecule has 0 spiro atoms. The van der Waals surface area contributed by atoms with Crippen molar-refractivity contribution in [1.29, 1.82) is 0 Å². The molecule has 2 rings (SSSR count). The van der Waals surface area contributed by atoms with Gasteiger partial charge in [0.15, 0.2) is 5.78 Å². The van der Waals surface area contributed by atoms with E-state index in [1.165, 1.54) is 0 Å². The van der Waals surface area contributed by atoms with Crippen molar-refractivity contribution < 1.29 is 9.53 Å². The normalized spacial score (nSPS) is 10.6. The highest BCUT2D eigenvalue weighted by Crippen LogP contribution is 2.26. The number of nitrogens with one attached hydrogen (secondary N) is 1. The highest BCUT2D eigenvalue weighted by atomic mass is 16.5. The van der Waals surface area contributed by atoms with E-state index in [4.69, 9.17) is 4.74 Å². The minimum Gasteiger partial charge on any atom is -0.497 e. The van der Waals surface area contributed by atoms with Gasteiger partial charge in [-0.1, -0.05) is 0 Å². The summed E-state index contributed by atoms with van der Waals surface area (Å²) in [4.78, 5) is 14.7. The molecule has 0 amide bonds. The van der Waals surface area contributed by atoms with Gasteiger partial charge in [0.25, 0.3) is 0 Å². The largest absolute Gasteiger partial charge is 0.497 e. The van der Waals surface area contributed by atoms with E-state index >= 15 is 0 Å². The number of H-pyrrole nitrogens is 1. The molecule has 0 atom stereocenters. The van der Waals surface area contributed by atoms with E-state index in [9.17, 15) is 4.79 Å². The lowest BCUT2D eigenvalue weighted by molar-refractivity contribution is 0.101. The summed E-state index contributed by atoms with van der Waals surface area (Å²) in [5, 5.41) is 0.930. The first-order valence-electron chi connectivity index (χ1n) is 4.80. The molecule has 15 heavy (non-hydrogen) atoms. The molecular formula is C12H13NO2. The third kappa shape index (κ3) is 1.50. The van der Waals surface area contributed by atoms with Gasteiger partial charge in [-0.3, -0.25) is 4.79 Å². The standard InChI is InChI=1S/C12H13NO2/c1-7-12(8(2)14)10-6-9(15-3)4-5-11(10)13-7/h4-6,13H,1-3H3. The maximum absolute atomic E-state index is 11.5. The number of aryl methyl sites for hydroxylation is 1. The molecular weight excluding hydrogens is 190 g/mol. The second-order valence-corrected chi connectivity index (χ2v) is 3.59. The molecule has 2 aromatic rings. The van der Waals surface area contributed by atoms with E-state index in [0.29, 0.717) is 0 Å². The Kier molecular flexibility index (Phi) is 2.23. The smallest absolute Gasteiger partial charge is 0.162 e. The first-order valence-corrected chi connectivity index (χ1v) is 4.80. The summed E-state index contributed by atoms with van der Waals surface area (Å²) in [5.41, 5.74) is 2.63. The molecule has 0 aliphatic heterocycles. The Labute approximate surface area is 88.1 Å². The number of ether oxygens (including phenoxy) is 1. The number of hydrogen-bond acceptors (Lipinski definition) is 2. The van der Waals surface area contributed by atoms with Crippen LogP contribution in [0.2, 0.25) is 0 Å². The molecule has 0 radical (unpaired) electrons. The average Bonchev–Trinajstić information content (AvgIpc) is 2.52. The number of carbonyl (C=O) groups excluding carboxylic acids is 1. The fourth-order valence-electron chi connectivity index (χ4n) is 1.89. The maximum atomic E-state index is 11.5. The van der Waals surface area contributed by atoms with Crippen molar-refractivity contribution in [1.82, 2.24) is 4.98 Å². The minimum atomic E-state index is 0.0759.